The second-order valence-corrected chi connectivity index (χ2v) is 11.9. The van der Waals surface area contributed by atoms with Gasteiger partial charge in [-0.15, -0.1) is 10.2 Å². The third kappa shape index (κ3) is 4.57. The first-order valence-electron chi connectivity index (χ1n) is 12.3. The van der Waals surface area contributed by atoms with E-state index < -0.39 is 17.7 Å². The number of fused-ring (bicyclic) bond motifs is 1. The molecule has 1 aliphatic heterocycles. The molecule has 40 heavy (non-hydrogen) atoms. The largest absolute Gasteiger partial charge is 0.505 e. The summed E-state index contributed by atoms with van der Waals surface area (Å²) in [5.74, 6) is -1.30. The van der Waals surface area contributed by atoms with Gasteiger partial charge in [-0.25, -0.2) is 4.98 Å². The van der Waals surface area contributed by atoms with Gasteiger partial charge in [0.25, 0.3) is 5.78 Å². The number of anilines is 1. The highest BCUT2D eigenvalue weighted by Crippen LogP contribution is 2.44. The summed E-state index contributed by atoms with van der Waals surface area (Å²) in [7, 11) is 0. The fourth-order valence-corrected chi connectivity index (χ4v) is 6.89. The number of aromatic nitrogens is 4. The van der Waals surface area contributed by atoms with Crippen LogP contribution >= 0.6 is 34.7 Å². The number of aryl methyl sites for hydroxylation is 2. The van der Waals surface area contributed by atoms with Gasteiger partial charge in [-0.3, -0.25) is 18.9 Å². The summed E-state index contributed by atoms with van der Waals surface area (Å²) in [6.45, 7) is 3.71. The van der Waals surface area contributed by atoms with Crippen molar-refractivity contribution in [2.24, 2.45) is 0 Å². The smallest absolute Gasteiger partial charge is 0.301 e. The molecule has 0 bridgehead atoms. The Morgan fingerprint density at radius 3 is 2.55 bits per heavy atom. The molecule has 0 saturated carbocycles. The van der Waals surface area contributed by atoms with Crippen LogP contribution in [0.15, 0.2) is 82.8 Å². The molecule has 1 saturated heterocycles. The molecule has 4 heterocycles. The predicted octanol–water partition coefficient (Wildman–Crippen LogP) is 6.37. The zero-order valence-electron chi connectivity index (χ0n) is 21.4. The van der Waals surface area contributed by atoms with E-state index in [1.54, 1.807) is 17.5 Å². The number of carbonyl (C=O) groups excluding carboxylic acids is 2. The Balaban J connectivity index is 1.44. The molecule has 1 amide bonds. The molecule has 0 radical (unpaired) electrons. The van der Waals surface area contributed by atoms with Gasteiger partial charge in [0.1, 0.15) is 11.3 Å². The summed E-state index contributed by atoms with van der Waals surface area (Å²) in [6.07, 6.45) is 1.76. The predicted molar refractivity (Wildman–Crippen MR) is 157 cm³/mol. The van der Waals surface area contributed by atoms with Gasteiger partial charge in [-0.1, -0.05) is 88.8 Å². The summed E-state index contributed by atoms with van der Waals surface area (Å²) in [5.41, 5.74) is 4.13. The maximum absolute atomic E-state index is 13.6. The SMILES string of the molecule is Cc1ccc(C2/C(=C(\O)c3c(C)nc4ccccn34)C(=O)C(=O)N2c2nnc(SCc3ccccc3Cl)s2)cc1. The van der Waals surface area contributed by atoms with E-state index in [1.165, 1.54) is 28.0 Å². The lowest BCUT2D eigenvalue weighted by Gasteiger charge is -2.22. The number of benzene rings is 2. The summed E-state index contributed by atoms with van der Waals surface area (Å²) in [4.78, 5) is 33.0. The molecule has 1 N–H and O–H groups in total. The number of nitrogens with zero attached hydrogens (tertiary/aromatic N) is 5. The normalized spacial score (nSPS) is 16.8. The van der Waals surface area contributed by atoms with E-state index in [0.717, 1.165) is 11.1 Å². The van der Waals surface area contributed by atoms with E-state index in [9.17, 15) is 14.7 Å². The van der Waals surface area contributed by atoms with Gasteiger partial charge in [0, 0.05) is 17.0 Å². The Morgan fingerprint density at radius 1 is 1.02 bits per heavy atom. The van der Waals surface area contributed by atoms with Crippen LogP contribution < -0.4 is 4.90 Å². The van der Waals surface area contributed by atoms with Gasteiger partial charge in [0.15, 0.2) is 10.1 Å². The van der Waals surface area contributed by atoms with Crippen molar-refractivity contribution in [3.05, 3.63) is 112 Å². The number of hydrogen-bond donors (Lipinski definition) is 1. The first-order valence-corrected chi connectivity index (χ1v) is 14.5. The Bertz CT molecular complexity index is 1810. The molecule has 3 aromatic heterocycles. The van der Waals surface area contributed by atoms with Crippen molar-refractivity contribution in [1.82, 2.24) is 19.6 Å². The lowest BCUT2D eigenvalue weighted by molar-refractivity contribution is -0.132. The number of pyridine rings is 1. The zero-order valence-corrected chi connectivity index (χ0v) is 23.8. The minimum Gasteiger partial charge on any atom is -0.505 e. The van der Waals surface area contributed by atoms with Crippen LogP contribution in [-0.2, 0) is 15.3 Å². The Kier molecular flexibility index (Phi) is 6.91. The molecule has 8 nitrogen and oxygen atoms in total. The molecule has 5 aromatic rings. The van der Waals surface area contributed by atoms with Crippen LogP contribution in [0.2, 0.25) is 5.02 Å². The highest BCUT2D eigenvalue weighted by molar-refractivity contribution is 8.00. The van der Waals surface area contributed by atoms with E-state index in [0.29, 0.717) is 37.7 Å². The Labute approximate surface area is 243 Å². The van der Waals surface area contributed by atoms with E-state index in [1.807, 2.05) is 73.7 Å². The third-order valence-corrected chi connectivity index (χ3v) is 9.15. The van der Waals surface area contributed by atoms with Gasteiger partial charge in [0.05, 0.1) is 17.3 Å². The number of hydrogen-bond acceptors (Lipinski definition) is 8. The Morgan fingerprint density at radius 2 is 1.77 bits per heavy atom. The van der Waals surface area contributed by atoms with Crippen molar-refractivity contribution in [2.45, 2.75) is 30.0 Å². The number of imidazole rings is 1. The van der Waals surface area contributed by atoms with Crippen LogP contribution in [0.5, 0.6) is 0 Å². The van der Waals surface area contributed by atoms with E-state index in [2.05, 4.69) is 15.2 Å². The van der Waals surface area contributed by atoms with Crippen LogP contribution in [0, 0.1) is 13.8 Å². The number of aliphatic hydroxyl groups is 1. The number of thioether (sulfide) groups is 1. The summed E-state index contributed by atoms with van der Waals surface area (Å²) in [5, 5.41) is 21.1. The Hall–Kier alpha value is -3.99. The fourth-order valence-electron chi connectivity index (χ4n) is 4.73. The lowest BCUT2D eigenvalue weighted by Crippen LogP contribution is -2.29. The van der Waals surface area contributed by atoms with Crippen molar-refractivity contribution < 1.29 is 14.7 Å². The second kappa shape index (κ2) is 10.5. The number of amides is 1. The molecular formula is C29H22ClN5O3S2. The van der Waals surface area contributed by atoms with Gasteiger partial charge in [-0.05, 0) is 43.2 Å². The molecule has 2 aromatic carbocycles. The van der Waals surface area contributed by atoms with Gasteiger partial charge < -0.3 is 5.11 Å². The molecule has 6 rings (SSSR count). The standard InChI is InChI=1S/C29H22ClN5O3S2/c1-16-10-12-18(13-11-16)24-22(25(36)23-17(2)31-21-9-5-6-14-34(21)23)26(37)27(38)35(24)28-32-33-29(40-28)39-15-19-7-3-4-8-20(19)30/h3-14,24,36H,15H2,1-2H3/b25-22+. The molecule has 0 spiro atoms. The van der Waals surface area contributed by atoms with Crippen LogP contribution in [-0.4, -0.2) is 36.4 Å². The van der Waals surface area contributed by atoms with Crippen LogP contribution in [0.25, 0.3) is 11.4 Å². The molecule has 200 valence electrons. The summed E-state index contributed by atoms with van der Waals surface area (Å²) < 4.78 is 2.33. The first-order chi connectivity index (χ1) is 19.3. The molecule has 1 atom stereocenters. The fraction of sp³-hybridized carbons (Fsp3) is 0.138. The number of aliphatic hydroxyl groups excluding tert-OH is 1. The van der Waals surface area contributed by atoms with Crippen molar-refractivity contribution >= 4 is 62.9 Å². The minimum atomic E-state index is -0.899. The second-order valence-electron chi connectivity index (χ2n) is 9.29. The highest BCUT2D eigenvalue weighted by atomic mass is 35.5. The number of ketones is 1. The van der Waals surface area contributed by atoms with Gasteiger partial charge >= 0.3 is 5.91 Å². The van der Waals surface area contributed by atoms with E-state index in [-0.39, 0.29) is 16.5 Å². The monoisotopic (exact) mass is 587 g/mol. The molecule has 11 heteroatoms. The zero-order chi connectivity index (χ0) is 28.0. The van der Waals surface area contributed by atoms with Gasteiger partial charge in [-0.2, -0.15) is 0 Å². The topological polar surface area (TPSA) is 101 Å². The first kappa shape index (κ1) is 26.2. The van der Waals surface area contributed by atoms with Crippen molar-refractivity contribution in [2.75, 3.05) is 4.90 Å². The quantitative estimate of drug-likeness (QED) is 0.0809. The number of Topliss-reactive ketones (excluding diaryl/α,β-unsaturated/α-hetero) is 1. The third-order valence-electron chi connectivity index (χ3n) is 6.68. The summed E-state index contributed by atoms with van der Waals surface area (Å²) >= 11 is 8.95. The average molecular weight is 588 g/mol. The maximum Gasteiger partial charge on any atom is 0.301 e. The van der Waals surface area contributed by atoms with Crippen molar-refractivity contribution in [3.8, 4) is 0 Å². The molecule has 1 fully saturated rings. The number of halogens is 1. The molecular weight excluding hydrogens is 566 g/mol. The van der Waals surface area contributed by atoms with Crippen LogP contribution in [0.4, 0.5) is 5.13 Å². The highest BCUT2D eigenvalue weighted by Gasteiger charge is 2.48. The number of carbonyl (C=O) groups is 2. The summed E-state index contributed by atoms with van der Waals surface area (Å²) in [6, 6.07) is 19.6. The lowest BCUT2D eigenvalue weighted by atomic mass is 9.96. The van der Waals surface area contributed by atoms with Crippen molar-refractivity contribution in [1.29, 1.82) is 0 Å². The maximum atomic E-state index is 13.6. The van der Waals surface area contributed by atoms with Gasteiger partial charge in [0.2, 0.25) is 5.13 Å². The number of rotatable bonds is 6. The molecule has 1 unspecified atom stereocenters. The van der Waals surface area contributed by atoms with E-state index >= 15 is 0 Å². The average Bonchev–Trinajstić information content (AvgIpc) is 3.62. The van der Waals surface area contributed by atoms with Crippen LogP contribution in [0.1, 0.15) is 34.1 Å². The molecule has 1 aliphatic rings. The van der Waals surface area contributed by atoms with Crippen molar-refractivity contribution in [3.63, 3.8) is 0 Å². The van der Waals surface area contributed by atoms with E-state index in [4.69, 9.17) is 11.6 Å². The molecule has 0 aliphatic carbocycles. The minimum absolute atomic E-state index is 0.0249. The van der Waals surface area contributed by atoms with Crippen LogP contribution in [0.3, 0.4) is 0 Å².